The Hall–Kier alpha value is -3.06. The predicted molar refractivity (Wildman–Crippen MR) is 106 cm³/mol. The van der Waals surface area contributed by atoms with Crippen molar-refractivity contribution in [2.75, 3.05) is 6.61 Å². The fourth-order valence-corrected chi connectivity index (χ4v) is 3.29. The van der Waals surface area contributed by atoms with Crippen molar-refractivity contribution in [1.82, 2.24) is 10.6 Å². The van der Waals surface area contributed by atoms with Crippen molar-refractivity contribution in [3.05, 3.63) is 75.7 Å². The highest BCUT2D eigenvalue weighted by atomic mass is 35.5. The molecule has 0 radical (unpaired) electrons. The second-order valence-electron chi connectivity index (χ2n) is 6.32. The van der Waals surface area contributed by atoms with E-state index in [0.717, 1.165) is 0 Å². The van der Waals surface area contributed by atoms with Crippen LogP contribution in [0.15, 0.2) is 53.7 Å². The molecule has 8 heteroatoms. The molecule has 1 aliphatic heterocycles. The minimum absolute atomic E-state index is 0.112. The van der Waals surface area contributed by atoms with Gasteiger partial charge in [0.15, 0.2) is 0 Å². The number of halogens is 2. The first-order valence-corrected chi connectivity index (χ1v) is 9.40. The standard InChI is InChI=1S/C21H20ClFN2O4/c1-3-28-20(26)18-12(2)24-21(27)25-19(18)13-7-4-5-10-17(13)29-11-14-15(22)8-6-9-16(14)23/h4-10,19H,3,11H2,1-2H3,(H2,24,25,27)/t19-/m0/s1. The van der Waals surface area contributed by atoms with Gasteiger partial charge in [-0.2, -0.15) is 0 Å². The molecule has 2 N–H and O–H groups in total. The molecule has 2 amide bonds. The number of ether oxygens (including phenoxy) is 2. The van der Waals surface area contributed by atoms with Crippen LogP contribution in [0.4, 0.5) is 9.18 Å². The van der Waals surface area contributed by atoms with Crippen LogP contribution in [0.25, 0.3) is 0 Å². The van der Waals surface area contributed by atoms with E-state index in [4.69, 9.17) is 21.1 Å². The Morgan fingerprint density at radius 3 is 2.69 bits per heavy atom. The molecule has 0 fully saturated rings. The zero-order valence-electron chi connectivity index (χ0n) is 15.9. The van der Waals surface area contributed by atoms with Crippen molar-refractivity contribution < 1.29 is 23.5 Å². The van der Waals surface area contributed by atoms with E-state index >= 15 is 0 Å². The van der Waals surface area contributed by atoms with Gasteiger partial charge < -0.3 is 20.1 Å². The van der Waals surface area contributed by atoms with Crippen LogP contribution in [0.1, 0.15) is 31.0 Å². The summed E-state index contributed by atoms with van der Waals surface area (Å²) >= 11 is 6.07. The minimum atomic E-state index is -0.782. The Bertz CT molecular complexity index is 957. The highest BCUT2D eigenvalue weighted by molar-refractivity contribution is 6.31. The van der Waals surface area contributed by atoms with E-state index in [1.54, 1.807) is 44.2 Å². The van der Waals surface area contributed by atoms with Gasteiger partial charge in [-0.15, -0.1) is 0 Å². The number of amides is 2. The zero-order chi connectivity index (χ0) is 21.0. The van der Waals surface area contributed by atoms with E-state index in [2.05, 4.69) is 10.6 Å². The lowest BCUT2D eigenvalue weighted by atomic mass is 9.95. The maximum Gasteiger partial charge on any atom is 0.338 e. The average molecular weight is 419 g/mol. The second kappa shape index (κ2) is 8.96. The topological polar surface area (TPSA) is 76.7 Å². The molecular formula is C21H20ClFN2O4. The maximum absolute atomic E-state index is 14.1. The summed E-state index contributed by atoms with van der Waals surface area (Å²) in [7, 11) is 0. The first-order valence-electron chi connectivity index (χ1n) is 9.02. The Kier molecular flexibility index (Phi) is 6.39. The number of carbonyl (C=O) groups is 2. The van der Waals surface area contributed by atoms with E-state index in [0.29, 0.717) is 17.0 Å². The molecule has 0 spiro atoms. The summed E-state index contributed by atoms with van der Waals surface area (Å²) in [4.78, 5) is 24.5. The van der Waals surface area contributed by atoms with E-state index in [1.165, 1.54) is 12.1 Å². The van der Waals surface area contributed by atoms with Gasteiger partial charge in [0.05, 0.1) is 23.2 Å². The number of urea groups is 1. The Morgan fingerprint density at radius 1 is 1.21 bits per heavy atom. The van der Waals surface area contributed by atoms with Crippen LogP contribution in [0, 0.1) is 5.82 Å². The summed E-state index contributed by atoms with van der Waals surface area (Å²) in [5.41, 5.74) is 1.42. The molecule has 152 valence electrons. The van der Waals surface area contributed by atoms with Crippen molar-refractivity contribution in [2.24, 2.45) is 0 Å². The molecule has 29 heavy (non-hydrogen) atoms. The van der Waals surface area contributed by atoms with Crippen LogP contribution in [0.2, 0.25) is 5.02 Å². The molecule has 0 saturated carbocycles. The molecule has 2 aromatic carbocycles. The lowest BCUT2D eigenvalue weighted by Crippen LogP contribution is -2.45. The lowest BCUT2D eigenvalue weighted by molar-refractivity contribution is -0.139. The number of allylic oxidation sites excluding steroid dienone is 1. The number of para-hydroxylation sites is 1. The summed E-state index contributed by atoms with van der Waals surface area (Å²) in [5, 5.41) is 5.56. The molecule has 0 aliphatic carbocycles. The van der Waals surface area contributed by atoms with Gasteiger partial charge in [-0.05, 0) is 32.0 Å². The van der Waals surface area contributed by atoms with Gasteiger partial charge in [0, 0.05) is 16.8 Å². The molecule has 6 nitrogen and oxygen atoms in total. The summed E-state index contributed by atoms with van der Waals surface area (Å²) in [6.45, 7) is 3.41. The van der Waals surface area contributed by atoms with E-state index < -0.39 is 23.9 Å². The highest BCUT2D eigenvalue weighted by Crippen LogP contribution is 2.34. The smallest absolute Gasteiger partial charge is 0.338 e. The monoisotopic (exact) mass is 418 g/mol. The molecule has 1 atom stereocenters. The second-order valence-corrected chi connectivity index (χ2v) is 6.72. The zero-order valence-corrected chi connectivity index (χ0v) is 16.7. The molecule has 0 bridgehead atoms. The van der Waals surface area contributed by atoms with Crippen molar-refractivity contribution in [3.8, 4) is 5.75 Å². The van der Waals surface area contributed by atoms with Crippen LogP contribution >= 0.6 is 11.6 Å². The summed E-state index contributed by atoms with van der Waals surface area (Å²) < 4.78 is 25.0. The fourth-order valence-electron chi connectivity index (χ4n) is 3.08. The molecule has 0 unspecified atom stereocenters. The number of carbonyl (C=O) groups excluding carboxylic acids is 2. The molecule has 2 aromatic rings. The number of hydrogen-bond acceptors (Lipinski definition) is 4. The van der Waals surface area contributed by atoms with Gasteiger partial charge in [0.25, 0.3) is 0 Å². The van der Waals surface area contributed by atoms with Crippen molar-refractivity contribution >= 4 is 23.6 Å². The molecule has 0 saturated heterocycles. The highest BCUT2D eigenvalue weighted by Gasteiger charge is 2.33. The normalized spacial score (nSPS) is 16.1. The molecule has 0 aromatic heterocycles. The minimum Gasteiger partial charge on any atom is -0.488 e. The third-order valence-corrected chi connectivity index (χ3v) is 4.78. The summed E-state index contributed by atoms with van der Waals surface area (Å²) in [6, 6.07) is 10.1. The number of rotatable bonds is 6. The van der Waals surface area contributed by atoms with Crippen molar-refractivity contribution in [1.29, 1.82) is 0 Å². The van der Waals surface area contributed by atoms with Crippen molar-refractivity contribution in [2.45, 2.75) is 26.5 Å². The molecular weight excluding hydrogens is 399 g/mol. The van der Waals surface area contributed by atoms with Crippen LogP contribution < -0.4 is 15.4 Å². The summed E-state index contributed by atoms with van der Waals surface area (Å²) in [5.74, 6) is -0.642. The van der Waals surface area contributed by atoms with Gasteiger partial charge in [0.2, 0.25) is 0 Å². The van der Waals surface area contributed by atoms with E-state index in [1.807, 2.05) is 0 Å². The average Bonchev–Trinajstić information content (AvgIpc) is 2.67. The first kappa shape index (κ1) is 20.7. The lowest BCUT2D eigenvalue weighted by Gasteiger charge is -2.29. The number of nitrogens with one attached hydrogen (secondary N) is 2. The Balaban J connectivity index is 1.95. The van der Waals surface area contributed by atoms with Gasteiger partial charge >= 0.3 is 12.0 Å². The number of esters is 1. The summed E-state index contributed by atoms with van der Waals surface area (Å²) in [6.07, 6.45) is 0. The number of benzene rings is 2. The van der Waals surface area contributed by atoms with Gasteiger partial charge in [-0.3, -0.25) is 0 Å². The third kappa shape index (κ3) is 4.51. The molecule has 1 heterocycles. The van der Waals surface area contributed by atoms with Crippen LogP contribution in [-0.2, 0) is 16.1 Å². The quantitative estimate of drug-likeness (QED) is 0.687. The largest absolute Gasteiger partial charge is 0.488 e. The third-order valence-electron chi connectivity index (χ3n) is 4.43. The van der Waals surface area contributed by atoms with Crippen LogP contribution in [-0.4, -0.2) is 18.6 Å². The van der Waals surface area contributed by atoms with E-state index in [-0.39, 0.29) is 29.4 Å². The first-order chi connectivity index (χ1) is 13.9. The predicted octanol–water partition coefficient (Wildman–Crippen LogP) is 4.25. The maximum atomic E-state index is 14.1. The van der Waals surface area contributed by atoms with Gasteiger partial charge in [-0.25, -0.2) is 14.0 Å². The van der Waals surface area contributed by atoms with E-state index in [9.17, 15) is 14.0 Å². The molecule has 3 rings (SSSR count). The molecule has 1 aliphatic rings. The van der Waals surface area contributed by atoms with Crippen LogP contribution in [0.3, 0.4) is 0 Å². The SMILES string of the molecule is CCOC(=O)C1=C(C)NC(=O)N[C@H]1c1ccccc1OCc1c(F)cccc1Cl. The number of hydrogen-bond donors (Lipinski definition) is 2. The Labute approximate surface area is 172 Å². The Morgan fingerprint density at radius 2 is 1.97 bits per heavy atom. The van der Waals surface area contributed by atoms with Gasteiger partial charge in [-0.1, -0.05) is 35.9 Å². The van der Waals surface area contributed by atoms with Gasteiger partial charge in [0.1, 0.15) is 18.2 Å². The van der Waals surface area contributed by atoms with Crippen LogP contribution in [0.5, 0.6) is 5.75 Å². The fraction of sp³-hybridized carbons (Fsp3) is 0.238. The van der Waals surface area contributed by atoms with Crippen molar-refractivity contribution in [3.63, 3.8) is 0 Å².